The Labute approximate surface area is 117 Å². The monoisotopic (exact) mass is 314 g/mol. The molecule has 1 N–H and O–H groups in total. The first-order valence-corrected chi connectivity index (χ1v) is 7.35. The van der Waals surface area contributed by atoms with Crippen molar-refractivity contribution >= 4 is 21.6 Å². The fourth-order valence-electron chi connectivity index (χ4n) is 2.47. The van der Waals surface area contributed by atoms with Crippen molar-refractivity contribution in [3.05, 3.63) is 28.0 Å². The highest BCUT2D eigenvalue weighted by molar-refractivity contribution is 9.10. The Balaban J connectivity index is 2.07. The van der Waals surface area contributed by atoms with Crippen LogP contribution in [0.15, 0.2) is 16.6 Å². The Kier molecular flexibility index (Phi) is 4.62. The molecule has 0 saturated carbocycles. The van der Waals surface area contributed by atoms with Gasteiger partial charge in [0.05, 0.1) is 4.47 Å². The van der Waals surface area contributed by atoms with E-state index >= 15 is 0 Å². The van der Waals surface area contributed by atoms with Gasteiger partial charge in [0, 0.05) is 24.8 Å². The Morgan fingerprint density at radius 2 is 2.28 bits per heavy atom. The number of hydrogen-bond donors (Lipinski definition) is 1. The Hall–Kier alpha value is -0.610. The van der Waals surface area contributed by atoms with Gasteiger partial charge in [0.1, 0.15) is 5.82 Å². The molecule has 0 aromatic heterocycles. The molecular formula is C14H20BrFN2. The van der Waals surface area contributed by atoms with Gasteiger partial charge in [-0.1, -0.05) is 6.92 Å². The Morgan fingerprint density at radius 3 is 3.00 bits per heavy atom. The Bertz CT molecular complexity index is 423. The van der Waals surface area contributed by atoms with Crippen LogP contribution in [0.1, 0.15) is 25.3 Å². The molecule has 1 aliphatic rings. The molecular weight excluding hydrogens is 295 g/mol. The summed E-state index contributed by atoms with van der Waals surface area (Å²) in [6, 6.07) is 4.06. The first kappa shape index (κ1) is 13.8. The van der Waals surface area contributed by atoms with Crippen LogP contribution in [0.3, 0.4) is 0 Å². The number of hydrogen-bond acceptors (Lipinski definition) is 2. The summed E-state index contributed by atoms with van der Waals surface area (Å²) in [7, 11) is 0. The summed E-state index contributed by atoms with van der Waals surface area (Å²) < 4.78 is 14.0. The molecule has 0 radical (unpaired) electrons. The molecule has 1 aliphatic heterocycles. The lowest BCUT2D eigenvalue weighted by Crippen LogP contribution is -2.33. The summed E-state index contributed by atoms with van der Waals surface area (Å²) >= 11 is 3.27. The molecule has 1 saturated heterocycles. The molecule has 1 fully saturated rings. The van der Waals surface area contributed by atoms with Crippen LogP contribution in [0.25, 0.3) is 0 Å². The molecule has 18 heavy (non-hydrogen) atoms. The molecule has 1 aromatic carbocycles. The molecule has 0 aliphatic carbocycles. The van der Waals surface area contributed by atoms with Gasteiger partial charge >= 0.3 is 0 Å². The van der Waals surface area contributed by atoms with E-state index in [4.69, 9.17) is 0 Å². The van der Waals surface area contributed by atoms with Gasteiger partial charge in [-0.25, -0.2) is 4.39 Å². The van der Waals surface area contributed by atoms with E-state index in [9.17, 15) is 4.39 Å². The second-order valence-corrected chi connectivity index (χ2v) is 5.79. The van der Waals surface area contributed by atoms with Crippen molar-refractivity contribution in [1.29, 1.82) is 0 Å². The number of nitrogens with one attached hydrogen (secondary N) is 1. The van der Waals surface area contributed by atoms with Gasteiger partial charge in [-0.3, -0.25) is 0 Å². The zero-order valence-corrected chi connectivity index (χ0v) is 12.6. The van der Waals surface area contributed by atoms with Crippen molar-refractivity contribution in [2.45, 2.75) is 32.7 Å². The fourth-order valence-corrected chi connectivity index (χ4v) is 2.80. The van der Waals surface area contributed by atoms with Gasteiger partial charge < -0.3 is 10.2 Å². The van der Waals surface area contributed by atoms with Crippen LogP contribution in [0.4, 0.5) is 10.1 Å². The molecule has 0 bridgehead atoms. The van der Waals surface area contributed by atoms with Crippen LogP contribution in [0, 0.1) is 12.7 Å². The number of rotatable bonds is 4. The zero-order valence-electron chi connectivity index (χ0n) is 11.0. The topological polar surface area (TPSA) is 15.3 Å². The van der Waals surface area contributed by atoms with Crippen molar-refractivity contribution in [3.8, 4) is 0 Å². The van der Waals surface area contributed by atoms with Crippen LogP contribution in [-0.4, -0.2) is 25.7 Å². The molecule has 100 valence electrons. The SMILES string of the molecule is CCCNC1CCN(c2cc(Br)c(F)cc2C)C1. The predicted molar refractivity (Wildman–Crippen MR) is 77.7 cm³/mol. The van der Waals surface area contributed by atoms with Crippen LogP contribution < -0.4 is 10.2 Å². The second-order valence-electron chi connectivity index (χ2n) is 4.94. The van der Waals surface area contributed by atoms with E-state index in [1.165, 1.54) is 0 Å². The van der Waals surface area contributed by atoms with Crippen molar-refractivity contribution in [3.63, 3.8) is 0 Å². The van der Waals surface area contributed by atoms with Crippen molar-refractivity contribution in [1.82, 2.24) is 5.32 Å². The summed E-state index contributed by atoms with van der Waals surface area (Å²) in [4.78, 5) is 2.34. The minimum Gasteiger partial charge on any atom is -0.370 e. The standard InChI is InChI=1S/C14H20BrFN2/c1-3-5-17-11-4-6-18(9-11)14-8-12(15)13(16)7-10(14)2/h7-8,11,17H,3-6,9H2,1-2H3. The lowest BCUT2D eigenvalue weighted by atomic mass is 10.2. The minimum absolute atomic E-state index is 0.184. The van der Waals surface area contributed by atoms with Crippen LogP contribution in [-0.2, 0) is 0 Å². The highest BCUT2D eigenvalue weighted by Crippen LogP contribution is 2.29. The molecule has 2 rings (SSSR count). The van der Waals surface area contributed by atoms with Gasteiger partial charge in [-0.2, -0.15) is 0 Å². The number of benzene rings is 1. The maximum Gasteiger partial charge on any atom is 0.137 e. The smallest absolute Gasteiger partial charge is 0.137 e. The molecule has 0 amide bonds. The zero-order chi connectivity index (χ0) is 13.1. The lowest BCUT2D eigenvalue weighted by Gasteiger charge is -2.21. The first-order valence-electron chi connectivity index (χ1n) is 6.55. The molecule has 0 spiro atoms. The molecule has 1 aromatic rings. The predicted octanol–water partition coefficient (Wildman–Crippen LogP) is 3.47. The van der Waals surface area contributed by atoms with Gasteiger partial charge in [0.2, 0.25) is 0 Å². The summed E-state index contributed by atoms with van der Waals surface area (Å²) in [5, 5.41) is 3.55. The van der Waals surface area contributed by atoms with Crippen molar-refractivity contribution in [2.75, 3.05) is 24.5 Å². The van der Waals surface area contributed by atoms with E-state index in [2.05, 4.69) is 33.1 Å². The van der Waals surface area contributed by atoms with Gasteiger partial charge in [0.15, 0.2) is 0 Å². The van der Waals surface area contributed by atoms with Gasteiger partial charge in [0.25, 0.3) is 0 Å². The lowest BCUT2D eigenvalue weighted by molar-refractivity contribution is 0.549. The largest absolute Gasteiger partial charge is 0.370 e. The van der Waals surface area contributed by atoms with Crippen LogP contribution in [0.5, 0.6) is 0 Å². The van der Waals surface area contributed by atoms with Crippen LogP contribution in [0.2, 0.25) is 0 Å². The number of anilines is 1. The number of halogens is 2. The molecule has 1 unspecified atom stereocenters. The third-order valence-electron chi connectivity index (χ3n) is 3.45. The average Bonchev–Trinajstić information content (AvgIpc) is 2.79. The summed E-state index contributed by atoms with van der Waals surface area (Å²) in [6.45, 7) is 7.28. The van der Waals surface area contributed by atoms with Crippen LogP contribution >= 0.6 is 15.9 Å². The average molecular weight is 315 g/mol. The highest BCUT2D eigenvalue weighted by atomic mass is 79.9. The number of nitrogens with zero attached hydrogens (tertiary/aromatic N) is 1. The molecule has 1 atom stereocenters. The molecule has 4 heteroatoms. The normalized spacial score (nSPS) is 19.6. The maximum atomic E-state index is 13.4. The quantitative estimate of drug-likeness (QED) is 0.915. The highest BCUT2D eigenvalue weighted by Gasteiger charge is 2.23. The summed E-state index contributed by atoms with van der Waals surface area (Å²) in [5.74, 6) is -0.184. The maximum absolute atomic E-state index is 13.4. The third kappa shape index (κ3) is 3.04. The molecule has 1 heterocycles. The second kappa shape index (κ2) is 6.02. The summed E-state index contributed by atoms with van der Waals surface area (Å²) in [6.07, 6.45) is 2.33. The fraction of sp³-hybridized carbons (Fsp3) is 0.571. The van der Waals surface area contributed by atoms with E-state index in [0.717, 1.165) is 43.7 Å². The van der Waals surface area contributed by atoms with E-state index in [1.807, 2.05) is 13.0 Å². The van der Waals surface area contributed by atoms with E-state index in [0.29, 0.717) is 10.5 Å². The van der Waals surface area contributed by atoms with Gasteiger partial charge in [-0.05, 0) is 59.9 Å². The van der Waals surface area contributed by atoms with E-state index in [1.54, 1.807) is 6.07 Å². The van der Waals surface area contributed by atoms with Gasteiger partial charge in [-0.15, -0.1) is 0 Å². The van der Waals surface area contributed by atoms with Crippen molar-refractivity contribution in [2.24, 2.45) is 0 Å². The Morgan fingerprint density at radius 1 is 1.50 bits per heavy atom. The molecule has 2 nitrogen and oxygen atoms in total. The van der Waals surface area contributed by atoms with Crippen molar-refractivity contribution < 1.29 is 4.39 Å². The first-order chi connectivity index (χ1) is 8.61. The summed E-state index contributed by atoms with van der Waals surface area (Å²) in [5.41, 5.74) is 2.15. The van der Waals surface area contributed by atoms with E-state index in [-0.39, 0.29) is 5.82 Å². The number of aryl methyl sites for hydroxylation is 1. The third-order valence-corrected chi connectivity index (χ3v) is 4.06. The van der Waals surface area contributed by atoms with E-state index < -0.39 is 0 Å². The minimum atomic E-state index is -0.184.